The van der Waals surface area contributed by atoms with Crippen LogP contribution in [0.1, 0.15) is 54.7 Å². The van der Waals surface area contributed by atoms with E-state index >= 15 is 0 Å². The molecular weight excluding hydrogens is 386 g/mol. The highest BCUT2D eigenvalue weighted by Crippen LogP contribution is 2.32. The Morgan fingerprint density at radius 1 is 0.903 bits per heavy atom. The Bertz CT molecular complexity index is 1050. The number of anilines is 1. The largest absolute Gasteiger partial charge is 0.493 e. The molecule has 4 heteroatoms. The normalized spacial score (nSPS) is 11.1. The highest BCUT2D eigenvalue weighted by molar-refractivity contribution is 6.04. The van der Waals surface area contributed by atoms with Crippen molar-refractivity contribution in [3.8, 4) is 11.5 Å². The van der Waals surface area contributed by atoms with Crippen LogP contribution in [0, 0.1) is 6.92 Å². The zero-order valence-corrected chi connectivity index (χ0v) is 19.0. The fourth-order valence-corrected chi connectivity index (χ4v) is 3.42. The molecule has 0 aliphatic rings. The first-order chi connectivity index (χ1) is 14.8. The first-order valence-electron chi connectivity index (χ1n) is 10.6. The van der Waals surface area contributed by atoms with Crippen LogP contribution in [0.25, 0.3) is 0 Å². The van der Waals surface area contributed by atoms with Crippen molar-refractivity contribution in [2.24, 2.45) is 0 Å². The van der Waals surface area contributed by atoms with Gasteiger partial charge in [0, 0.05) is 16.8 Å². The van der Waals surface area contributed by atoms with Crippen molar-refractivity contribution in [2.45, 2.75) is 46.6 Å². The highest BCUT2D eigenvalue weighted by Gasteiger charge is 2.19. The second-order valence-corrected chi connectivity index (χ2v) is 8.61. The van der Waals surface area contributed by atoms with E-state index in [1.165, 1.54) is 0 Å². The zero-order valence-electron chi connectivity index (χ0n) is 19.0. The number of ether oxygens (including phenoxy) is 2. The summed E-state index contributed by atoms with van der Waals surface area (Å²) in [5.74, 6) is 1.40. The van der Waals surface area contributed by atoms with Crippen molar-refractivity contribution >= 4 is 11.6 Å². The van der Waals surface area contributed by atoms with Gasteiger partial charge in [0.15, 0.2) is 0 Å². The van der Waals surface area contributed by atoms with E-state index in [0.717, 1.165) is 33.9 Å². The number of amides is 1. The van der Waals surface area contributed by atoms with Gasteiger partial charge in [-0.3, -0.25) is 4.79 Å². The van der Waals surface area contributed by atoms with Crippen LogP contribution in [0.4, 0.5) is 5.69 Å². The number of aryl methyl sites for hydroxylation is 1. The molecule has 4 nitrogen and oxygen atoms in total. The molecule has 0 radical (unpaired) electrons. The van der Waals surface area contributed by atoms with E-state index in [2.05, 4.69) is 32.2 Å². The number of para-hydroxylation sites is 1. The number of rotatable bonds is 7. The smallest absolute Gasteiger partial charge is 0.255 e. The van der Waals surface area contributed by atoms with Gasteiger partial charge >= 0.3 is 0 Å². The number of nitrogens with one attached hydrogen (secondary N) is 1. The van der Waals surface area contributed by atoms with Crippen LogP contribution in [0.15, 0.2) is 66.7 Å². The van der Waals surface area contributed by atoms with E-state index in [1.54, 1.807) is 6.07 Å². The molecule has 0 fully saturated rings. The van der Waals surface area contributed by atoms with E-state index in [4.69, 9.17) is 9.47 Å². The minimum atomic E-state index is -0.162. The van der Waals surface area contributed by atoms with E-state index in [9.17, 15) is 4.79 Å². The topological polar surface area (TPSA) is 47.6 Å². The molecule has 0 bridgehead atoms. The van der Waals surface area contributed by atoms with Crippen LogP contribution in [-0.2, 0) is 12.0 Å². The first kappa shape index (κ1) is 22.4. The number of carbonyl (C=O) groups excluding carboxylic acids is 1. The van der Waals surface area contributed by atoms with Gasteiger partial charge in [0.05, 0.1) is 6.61 Å². The molecule has 1 N–H and O–H groups in total. The molecular formula is C27H31NO3. The van der Waals surface area contributed by atoms with Crippen molar-refractivity contribution in [3.63, 3.8) is 0 Å². The molecule has 0 heterocycles. The quantitative estimate of drug-likeness (QED) is 0.476. The van der Waals surface area contributed by atoms with Gasteiger partial charge in [-0.15, -0.1) is 0 Å². The highest BCUT2D eigenvalue weighted by atomic mass is 16.5. The maximum absolute atomic E-state index is 12.8. The van der Waals surface area contributed by atoms with Crippen molar-refractivity contribution in [3.05, 3.63) is 89.0 Å². The minimum absolute atomic E-state index is 0.0328. The fraction of sp³-hybridized carbons (Fsp3) is 0.296. The molecule has 0 saturated carbocycles. The van der Waals surface area contributed by atoms with E-state index < -0.39 is 0 Å². The van der Waals surface area contributed by atoms with Gasteiger partial charge in [-0.25, -0.2) is 0 Å². The average molecular weight is 418 g/mol. The molecule has 3 rings (SSSR count). The second kappa shape index (κ2) is 9.69. The van der Waals surface area contributed by atoms with Crippen LogP contribution < -0.4 is 14.8 Å². The summed E-state index contributed by atoms with van der Waals surface area (Å²) in [6, 6.07) is 21.3. The second-order valence-electron chi connectivity index (χ2n) is 8.61. The molecule has 3 aromatic carbocycles. The third kappa shape index (κ3) is 5.88. The molecule has 31 heavy (non-hydrogen) atoms. The lowest BCUT2D eigenvalue weighted by atomic mass is 9.86. The van der Waals surface area contributed by atoms with Crippen molar-refractivity contribution in [1.29, 1.82) is 0 Å². The van der Waals surface area contributed by atoms with Gasteiger partial charge in [-0.2, -0.15) is 0 Å². The summed E-state index contributed by atoms with van der Waals surface area (Å²) in [7, 11) is 0. The minimum Gasteiger partial charge on any atom is -0.493 e. The molecule has 0 atom stereocenters. The van der Waals surface area contributed by atoms with E-state index in [1.807, 2.05) is 68.4 Å². The van der Waals surface area contributed by atoms with Gasteiger partial charge in [-0.05, 0) is 66.8 Å². The van der Waals surface area contributed by atoms with Gasteiger partial charge < -0.3 is 14.8 Å². The summed E-state index contributed by atoms with van der Waals surface area (Å²) < 4.78 is 12.0. The predicted molar refractivity (Wildman–Crippen MR) is 126 cm³/mol. The Hall–Kier alpha value is -3.27. The monoisotopic (exact) mass is 417 g/mol. The molecule has 1 amide bonds. The Morgan fingerprint density at radius 3 is 2.39 bits per heavy atom. The molecule has 0 aliphatic heterocycles. The molecule has 0 saturated heterocycles. The van der Waals surface area contributed by atoms with Crippen molar-refractivity contribution in [1.82, 2.24) is 0 Å². The van der Waals surface area contributed by atoms with Crippen LogP contribution in [0.2, 0.25) is 0 Å². The SMILES string of the molecule is CCOc1ccc(C(=O)Nc2cccc(C)c2)cc1COc1ccccc1C(C)(C)C. The summed E-state index contributed by atoms with van der Waals surface area (Å²) in [6.45, 7) is 11.3. The Balaban J connectivity index is 1.83. The van der Waals surface area contributed by atoms with Gasteiger partial charge in [0.2, 0.25) is 0 Å². The number of hydrogen-bond acceptors (Lipinski definition) is 3. The van der Waals surface area contributed by atoms with Gasteiger partial charge in [-0.1, -0.05) is 51.1 Å². The van der Waals surface area contributed by atoms with Crippen molar-refractivity contribution < 1.29 is 14.3 Å². The van der Waals surface area contributed by atoms with Gasteiger partial charge in [0.1, 0.15) is 18.1 Å². The Kier molecular flexibility index (Phi) is 7.01. The Labute approximate surface area is 185 Å². The number of hydrogen-bond donors (Lipinski definition) is 1. The van der Waals surface area contributed by atoms with E-state index in [0.29, 0.717) is 18.8 Å². The molecule has 0 aromatic heterocycles. The molecule has 3 aromatic rings. The van der Waals surface area contributed by atoms with Crippen LogP contribution in [0.5, 0.6) is 11.5 Å². The summed E-state index contributed by atoms with van der Waals surface area (Å²) in [6.07, 6.45) is 0. The fourth-order valence-electron chi connectivity index (χ4n) is 3.42. The molecule has 0 aliphatic carbocycles. The summed E-state index contributed by atoms with van der Waals surface area (Å²) in [5, 5.41) is 2.96. The lowest BCUT2D eigenvalue weighted by Crippen LogP contribution is -2.14. The Morgan fingerprint density at radius 2 is 1.68 bits per heavy atom. The van der Waals surface area contributed by atoms with Crippen LogP contribution in [-0.4, -0.2) is 12.5 Å². The third-order valence-corrected chi connectivity index (χ3v) is 4.98. The standard InChI is InChI=1S/C27H31NO3/c1-6-30-24-15-14-20(26(29)28-22-11-9-10-19(2)16-22)17-21(24)18-31-25-13-8-7-12-23(25)27(3,4)5/h7-17H,6,18H2,1-5H3,(H,28,29). The third-order valence-electron chi connectivity index (χ3n) is 4.98. The number of carbonyl (C=O) groups is 1. The summed E-state index contributed by atoms with van der Waals surface area (Å²) in [5.41, 5.74) is 4.37. The van der Waals surface area contributed by atoms with E-state index in [-0.39, 0.29) is 11.3 Å². The summed E-state index contributed by atoms with van der Waals surface area (Å²) in [4.78, 5) is 12.8. The van der Waals surface area contributed by atoms with Gasteiger partial charge in [0.25, 0.3) is 5.91 Å². The van der Waals surface area contributed by atoms with Crippen molar-refractivity contribution in [2.75, 3.05) is 11.9 Å². The molecule has 162 valence electrons. The summed E-state index contributed by atoms with van der Waals surface area (Å²) >= 11 is 0. The lowest BCUT2D eigenvalue weighted by Gasteiger charge is -2.23. The zero-order chi connectivity index (χ0) is 22.4. The first-order valence-corrected chi connectivity index (χ1v) is 10.6. The average Bonchev–Trinajstić information content (AvgIpc) is 2.72. The lowest BCUT2D eigenvalue weighted by molar-refractivity contribution is 0.102. The maximum Gasteiger partial charge on any atom is 0.255 e. The van der Waals surface area contributed by atoms with Crippen LogP contribution in [0.3, 0.4) is 0 Å². The molecule has 0 unspecified atom stereocenters. The predicted octanol–water partition coefficient (Wildman–Crippen LogP) is 6.52. The maximum atomic E-state index is 12.8. The van der Waals surface area contributed by atoms with Crippen LogP contribution >= 0.6 is 0 Å². The number of benzene rings is 3. The molecule has 0 spiro atoms.